The summed E-state index contributed by atoms with van der Waals surface area (Å²) in [4.78, 5) is 15.5. The van der Waals surface area contributed by atoms with E-state index in [2.05, 4.69) is 4.99 Å². The van der Waals surface area contributed by atoms with E-state index < -0.39 is 0 Å². The average molecular weight is 210 g/mol. The number of ether oxygens (including phenoxy) is 1. The highest BCUT2D eigenvalue weighted by Gasteiger charge is 2.25. The average Bonchev–Trinajstić information content (AvgIpc) is 2.18. The fourth-order valence-electron chi connectivity index (χ4n) is 1.41. The minimum absolute atomic E-state index is 0.0803. The van der Waals surface area contributed by atoms with Crippen LogP contribution in [0, 0.1) is 0 Å². The van der Waals surface area contributed by atoms with Crippen LogP contribution in [-0.4, -0.2) is 24.0 Å². The van der Waals surface area contributed by atoms with Gasteiger partial charge in [0.25, 0.3) is 0 Å². The van der Waals surface area contributed by atoms with Gasteiger partial charge in [-0.2, -0.15) is 0 Å². The zero-order valence-electron chi connectivity index (χ0n) is 7.53. The number of alkyl halides is 1. The minimum Gasteiger partial charge on any atom is -0.495 e. The molecule has 2 aliphatic rings. The van der Waals surface area contributed by atoms with Gasteiger partial charge in [0.05, 0.1) is 12.5 Å². The molecule has 1 aliphatic carbocycles. The van der Waals surface area contributed by atoms with Crippen molar-refractivity contribution in [2.75, 3.05) is 7.11 Å². The normalized spacial score (nSPS) is 24.9. The van der Waals surface area contributed by atoms with Gasteiger partial charge in [-0.15, -0.1) is 11.6 Å². The first kappa shape index (κ1) is 9.21. The van der Waals surface area contributed by atoms with Gasteiger partial charge in [0, 0.05) is 17.8 Å². The van der Waals surface area contributed by atoms with Crippen molar-refractivity contribution in [1.29, 1.82) is 0 Å². The second-order valence-electron chi connectivity index (χ2n) is 2.92. The maximum atomic E-state index is 11.5. The van der Waals surface area contributed by atoms with Gasteiger partial charge in [-0.25, -0.2) is 0 Å². The lowest BCUT2D eigenvalue weighted by atomic mass is 9.96. The molecule has 0 spiro atoms. The standard InChI is InChI=1S/C10H8ClNO2/c1-14-9-5-6(11)4-7-8(13)2-3-12-10(7)9/h2-6H,1H3. The predicted molar refractivity (Wildman–Crippen MR) is 54.4 cm³/mol. The van der Waals surface area contributed by atoms with Crippen LogP contribution in [0.5, 0.6) is 0 Å². The number of ketones is 1. The van der Waals surface area contributed by atoms with E-state index in [1.807, 2.05) is 0 Å². The molecule has 1 aliphatic heterocycles. The molecule has 0 saturated carbocycles. The van der Waals surface area contributed by atoms with E-state index in [1.165, 1.54) is 19.4 Å². The molecule has 0 saturated heterocycles. The number of hydrogen-bond donors (Lipinski definition) is 0. The molecule has 0 radical (unpaired) electrons. The van der Waals surface area contributed by atoms with Gasteiger partial charge < -0.3 is 4.74 Å². The summed E-state index contributed by atoms with van der Waals surface area (Å²) >= 11 is 5.91. The zero-order chi connectivity index (χ0) is 10.1. The van der Waals surface area contributed by atoms with E-state index in [1.54, 1.807) is 12.2 Å². The van der Waals surface area contributed by atoms with Crippen LogP contribution in [0.1, 0.15) is 0 Å². The Morgan fingerprint density at radius 2 is 2.29 bits per heavy atom. The highest BCUT2D eigenvalue weighted by Crippen LogP contribution is 2.23. The lowest BCUT2D eigenvalue weighted by molar-refractivity contribution is -0.111. The van der Waals surface area contributed by atoms with Gasteiger partial charge in [0.2, 0.25) is 0 Å². The van der Waals surface area contributed by atoms with Crippen LogP contribution in [0.3, 0.4) is 0 Å². The van der Waals surface area contributed by atoms with Crippen molar-refractivity contribution in [3.05, 3.63) is 35.8 Å². The molecule has 4 heteroatoms. The zero-order valence-corrected chi connectivity index (χ0v) is 8.28. The summed E-state index contributed by atoms with van der Waals surface area (Å²) in [5.74, 6) is 0.475. The molecule has 0 aromatic heterocycles. The molecule has 0 N–H and O–H groups in total. The van der Waals surface area contributed by atoms with Gasteiger partial charge in [0.15, 0.2) is 5.78 Å². The van der Waals surface area contributed by atoms with E-state index >= 15 is 0 Å². The first-order valence-electron chi connectivity index (χ1n) is 4.13. The van der Waals surface area contributed by atoms with Crippen molar-refractivity contribution in [3.8, 4) is 0 Å². The number of allylic oxidation sites excluding steroid dienone is 4. The third-order valence-electron chi connectivity index (χ3n) is 2.04. The van der Waals surface area contributed by atoms with Crippen LogP contribution in [0.4, 0.5) is 0 Å². The minimum atomic E-state index is -0.311. The van der Waals surface area contributed by atoms with E-state index in [9.17, 15) is 4.79 Å². The fraction of sp³-hybridized carbons (Fsp3) is 0.200. The SMILES string of the molecule is COC1=CC(Cl)C=C2C(=O)C=CN=C12. The van der Waals surface area contributed by atoms with E-state index in [-0.39, 0.29) is 11.2 Å². The van der Waals surface area contributed by atoms with Crippen molar-refractivity contribution >= 4 is 23.1 Å². The van der Waals surface area contributed by atoms with Gasteiger partial charge in [-0.05, 0) is 12.2 Å². The molecule has 14 heavy (non-hydrogen) atoms. The number of fused-ring (bicyclic) bond motifs is 1. The van der Waals surface area contributed by atoms with Crippen LogP contribution in [-0.2, 0) is 9.53 Å². The maximum absolute atomic E-state index is 11.5. The monoisotopic (exact) mass is 209 g/mol. The number of carbonyl (C=O) groups excluding carboxylic acids is 1. The Morgan fingerprint density at radius 3 is 3.00 bits per heavy atom. The highest BCUT2D eigenvalue weighted by molar-refractivity contribution is 6.35. The van der Waals surface area contributed by atoms with E-state index in [0.717, 1.165) is 0 Å². The molecule has 0 amide bonds. The van der Waals surface area contributed by atoms with Gasteiger partial charge in [0.1, 0.15) is 11.5 Å². The van der Waals surface area contributed by atoms with Crippen molar-refractivity contribution < 1.29 is 9.53 Å². The summed E-state index contributed by atoms with van der Waals surface area (Å²) in [5.41, 5.74) is 1.09. The maximum Gasteiger partial charge on any atom is 0.189 e. The number of nitrogens with zero attached hydrogens (tertiary/aromatic N) is 1. The molecule has 2 rings (SSSR count). The van der Waals surface area contributed by atoms with Crippen molar-refractivity contribution in [1.82, 2.24) is 0 Å². The number of hydrogen-bond acceptors (Lipinski definition) is 3. The number of rotatable bonds is 1. The number of methoxy groups -OCH3 is 1. The lowest BCUT2D eigenvalue weighted by Gasteiger charge is -2.18. The molecule has 0 fully saturated rings. The number of halogens is 1. The predicted octanol–water partition coefficient (Wildman–Crippen LogP) is 1.60. The topological polar surface area (TPSA) is 38.7 Å². The Morgan fingerprint density at radius 1 is 1.50 bits per heavy atom. The lowest BCUT2D eigenvalue weighted by Crippen LogP contribution is -2.22. The number of aliphatic imine (C=N–C) groups is 1. The second kappa shape index (κ2) is 3.42. The van der Waals surface area contributed by atoms with Crippen LogP contribution in [0.2, 0.25) is 0 Å². The van der Waals surface area contributed by atoms with Crippen LogP contribution < -0.4 is 0 Å². The molecular weight excluding hydrogens is 202 g/mol. The molecular formula is C10H8ClNO2. The molecule has 0 bridgehead atoms. The molecule has 0 aromatic rings. The molecule has 1 heterocycles. The molecule has 1 unspecified atom stereocenters. The van der Waals surface area contributed by atoms with E-state index in [0.29, 0.717) is 17.0 Å². The summed E-state index contributed by atoms with van der Waals surface area (Å²) in [5, 5.41) is -0.311. The van der Waals surface area contributed by atoms with Crippen molar-refractivity contribution in [3.63, 3.8) is 0 Å². The Bertz CT molecular complexity index is 404. The highest BCUT2D eigenvalue weighted by atomic mass is 35.5. The smallest absolute Gasteiger partial charge is 0.189 e. The first-order valence-corrected chi connectivity index (χ1v) is 4.57. The van der Waals surface area contributed by atoms with Crippen LogP contribution >= 0.6 is 11.6 Å². The Labute approximate surface area is 86.4 Å². The summed E-state index contributed by atoms with van der Waals surface area (Å²) in [6.45, 7) is 0. The van der Waals surface area contributed by atoms with Crippen LogP contribution in [0.25, 0.3) is 0 Å². The van der Waals surface area contributed by atoms with E-state index in [4.69, 9.17) is 16.3 Å². The van der Waals surface area contributed by atoms with Crippen molar-refractivity contribution in [2.24, 2.45) is 4.99 Å². The second-order valence-corrected chi connectivity index (χ2v) is 3.42. The molecule has 1 atom stereocenters. The Balaban J connectivity index is 2.48. The Hall–Kier alpha value is -1.35. The van der Waals surface area contributed by atoms with Gasteiger partial charge in [-0.3, -0.25) is 9.79 Å². The van der Waals surface area contributed by atoms with Crippen molar-refractivity contribution in [2.45, 2.75) is 5.38 Å². The Kier molecular flexibility index (Phi) is 2.25. The van der Waals surface area contributed by atoms with Gasteiger partial charge in [-0.1, -0.05) is 0 Å². The summed E-state index contributed by atoms with van der Waals surface area (Å²) in [6, 6.07) is 0. The summed E-state index contributed by atoms with van der Waals surface area (Å²) in [7, 11) is 1.53. The quantitative estimate of drug-likeness (QED) is 0.616. The third-order valence-corrected chi connectivity index (χ3v) is 2.29. The van der Waals surface area contributed by atoms with Crippen LogP contribution in [0.15, 0.2) is 40.8 Å². The third kappa shape index (κ3) is 1.40. The molecule has 3 nitrogen and oxygen atoms in total. The van der Waals surface area contributed by atoms with Gasteiger partial charge >= 0.3 is 0 Å². The summed E-state index contributed by atoms with van der Waals surface area (Å²) in [6.07, 6.45) is 6.28. The fourth-order valence-corrected chi connectivity index (χ4v) is 1.65. The molecule has 0 aromatic carbocycles. The number of carbonyl (C=O) groups is 1. The first-order chi connectivity index (χ1) is 6.72. The summed E-state index contributed by atoms with van der Waals surface area (Å²) < 4.78 is 5.10. The largest absolute Gasteiger partial charge is 0.495 e. The molecule has 72 valence electrons.